The van der Waals surface area contributed by atoms with Crippen LogP contribution in [-0.2, 0) is 21.2 Å². The van der Waals surface area contributed by atoms with Gasteiger partial charge in [0.15, 0.2) is 0 Å². The Kier molecular flexibility index (Phi) is 7.38. The Bertz CT molecular complexity index is 564. The molecular formula is C16H26N2O3S. The van der Waals surface area contributed by atoms with Crippen molar-refractivity contribution in [3.8, 4) is 0 Å². The maximum absolute atomic E-state index is 11.8. The van der Waals surface area contributed by atoms with Crippen LogP contribution in [0.15, 0.2) is 24.3 Å². The van der Waals surface area contributed by atoms with E-state index in [-0.39, 0.29) is 11.8 Å². The van der Waals surface area contributed by atoms with Gasteiger partial charge >= 0.3 is 0 Å². The van der Waals surface area contributed by atoms with Crippen molar-refractivity contribution in [2.24, 2.45) is 5.92 Å². The summed E-state index contributed by atoms with van der Waals surface area (Å²) in [5, 5.41) is 2.97. The molecule has 0 saturated heterocycles. The van der Waals surface area contributed by atoms with Crippen LogP contribution in [0.3, 0.4) is 0 Å². The average molecular weight is 326 g/mol. The van der Waals surface area contributed by atoms with Crippen molar-refractivity contribution in [1.82, 2.24) is 5.32 Å². The molecule has 0 aromatic heterocycles. The van der Waals surface area contributed by atoms with Gasteiger partial charge in [0.05, 0.1) is 6.26 Å². The lowest BCUT2D eigenvalue weighted by Gasteiger charge is -2.12. The summed E-state index contributed by atoms with van der Waals surface area (Å²) in [4.78, 5) is 11.8. The maximum atomic E-state index is 11.8. The van der Waals surface area contributed by atoms with Gasteiger partial charge < -0.3 is 5.32 Å². The molecule has 0 fully saturated rings. The van der Waals surface area contributed by atoms with E-state index in [9.17, 15) is 13.2 Å². The minimum absolute atomic E-state index is 0.112. The molecule has 0 atom stereocenters. The normalized spacial score (nSPS) is 11.5. The van der Waals surface area contributed by atoms with Gasteiger partial charge in [-0.2, -0.15) is 0 Å². The van der Waals surface area contributed by atoms with Crippen molar-refractivity contribution in [3.05, 3.63) is 29.8 Å². The Labute approximate surface area is 133 Å². The fraction of sp³-hybridized carbons (Fsp3) is 0.562. The van der Waals surface area contributed by atoms with Crippen LogP contribution in [0.25, 0.3) is 0 Å². The van der Waals surface area contributed by atoms with Gasteiger partial charge in [0.25, 0.3) is 0 Å². The monoisotopic (exact) mass is 326 g/mol. The molecule has 124 valence electrons. The summed E-state index contributed by atoms with van der Waals surface area (Å²) < 4.78 is 24.7. The molecule has 1 rings (SSSR count). The molecule has 5 nitrogen and oxygen atoms in total. The standard InChI is InChI=1S/C16H26N2O3S/c1-4-14(5-2)16(19)17-12-6-7-13-8-10-15(11-9-13)18-22(3,20)21/h8-11,14,18H,4-7,12H2,1-3H3,(H,17,19). The molecule has 0 aliphatic carbocycles. The van der Waals surface area contributed by atoms with Crippen molar-refractivity contribution in [3.63, 3.8) is 0 Å². The van der Waals surface area contributed by atoms with Gasteiger partial charge in [-0.15, -0.1) is 0 Å². The highest BCUT2D eigenvalue weighted by molar-refractivity contribution is 7.92. The van der Waals surface area contributed by atoms with Crippen molar-refractivity contribution >= 4 is 21.6 Å². The summed E-state index contributed by atoms with van der Waals surface area (Å²) in [5.41, 5.74) is 1.68. The van der Waals surface area contributed by atoms with Crippen molar-refractivity contribution in [2.45, 2.75) is 39.5 Å². The van der Waals surface area contributed by atoms with Crippen LogP contribution in [0.2, 0.25) is 0 Å². The summed E-state index contributed by atoms with van der Waals surface area (Å²) >= 11 is 0. The SMILES string of the molecule is CCC(CC)C(=O)NCCCc1ccc(NS(C)(=O)=O)cc1. The molecule has 1 aromatic rings. The average Bonchev–Trinajstić information content (AvgIpc) is 2.45. The van der Waals surface area contributed by atoms with E-state index < -0.39 is 10.0 Å². The molecule has 0 aliphatic rings. The first kappa shape index (κ1) is 18.5. The molecule has 0 spiro atoms. The van der Waals surface area contributed by atoms with Gasteiger partial charge in [-0.05, 0) is 43.4 Å². The fourth-order valence-corrected chi connectivity index (χ4v) is 2.83. The minimum Gasteiger partial charge on any atom is -0.356 e. The minimum atomic E-state index is -3.23. The number of rotatable bonds is 9. The highest BCUT2D eigenvalue weighted by Gasteiger charge is 2.12. The van der Waals surface area contributed by atoms with Gasteiger partial charge in [0.2, 0.25) is 15.9 Å². The number of amides is 1. The molecule has 0 radical (unpaired) electrons. The van der Waals surface area contributed by atoms with Crippen LogP contribution in [0.1, 0.15) is 38.7 Å². The smallest absolute Gasteiger partial charge is 0.229 e. The summed E-state index contributed by atoms with van der Waals surface area (Å²) in [5.74, 6) is 0.249. The Hall–Kier alpha value is -1.56. The topological polar surface area (TPSA) is 75.3 Å². The molecule has 1 amide bonds. The zero-order valence-corrected chi connectivity index (χ0v) is 14.4. The van der Waals surface area contributed by atoms with E-state index in [2.05, 4.69) is 10.0 Å². The van der Waals surface area contributed by atoms with Crippen LogP contribution < -0.4 is 10.0 Å². The van der Waals surface area contributed by atoms with Crippen LogP contribution in [0.5, 0.6) is 0 Å². The third-order valence-electron chi connectivity index (χ3n) is 3.56. The summed E-state index contributed by atoms with van der Waals surface area (Å²) in [7, 11) is -3.23. The van der Waals surface area contributed by atoms with Crippen molar-refractivity contribution in [1.29, 1.82) is 0 Å². The number of hydrogen-bond donors (Lipinski definition) is 2. The first-order valence-electron chi connectivity index (χ1n) is 7.70. The van der Waals surface area contributed by atoms with Crippen LogP contribution in [-0.4, -0.2) is 27.1 Å². The van der Waals surface area contributed by atoms with Gasteiger partial charge in [0.1, 0.15) is 0 Å². The van der Waals surface area contributed by atoms with Crippen LogP contribution in [0.4, 0.5) is 5.69 Å². The summed E-state index contributed by atoms with van der Waals surface area (Å²) in [6.07, 6.45) is 4.59. The summed E-state index contributed by atoms with van der Waals surface area (Å²) in [6, 6.07) is 7.30. The molecule has 0 unspecified atom stereocenters. The lowest BCUT2D eigenvalue weighted by Crippen LogP contribution is -2.31. The fourth-order valence-electron chi connectivity index (χ4n) is 2.26. The van der Waals surface area contributed by atoms with Gasteiger partial charge in [-0.1, -0.05) is 26.0 Å². The largest absolute Gasteiger partial charge is 0.356 e. The first-order valence-corrected chi connectivity index (χ1v) is 9.59. The number of nitrogens with one attached hydrogen (secondary N) is 2. The molecule has 6 heteroatoms. The van der Waals surface area contributed by atoms with E-state index in [1.807, 2.05) is 26.0 Å². The van der Waals surface area contributed by atoms with Crippen molar-refractivity contribution < 1.29 is 13.2 Å². The predicted octanol–water partition coefficient (Wildman–Crippen LogP) is 2.54. The molecule has 2 N–H and O–H groups in total. The number of carbonyl (C=O) groups is 1. The number of carbonyl (C=O) groups excluding carboxylic acids is 1. The van der Waals surface area contributed by atoms with E-state index in [4.69, 9.17) is 0 Å². The van der Waals surface area contributed by atoms with E-state index >= 15 is 0 Å². The number of sulfonamides is 1. The number of aryl methyl sites for hydroxylation is 1. The van der Waals surface area contributed by atoms with Gasteiger partial charge in [-0.3, -0.25) is 9.52 Å². The third-order valence-corrected chi connectivity index (χ3v) is 4.16. The first-order chi connectivity index (χ1) is 10.4. The maximum Gasteiger partial charge on any atom is 0.229 e. The Morgan fingerprint density at radius 2 is 1.73 bits per heavy atom. The van der Waals surface area contributed by atoms with Gasteiger partial charge in [-0.25, -0.2) is 8.42 Å². The van der Waals surface area contributed by atoms with Crippen LogP contribution in [0, 0.1) is 5.92 Å². The lowest BCUT2D eigenvalue weighted by molar-refractivity contribution is -0.125. The molecule has 0 saturated carbocycles. The zero-order chi connectivity index (χ0) is 16.6. The number of hydrogen-bond acceptors (Lipinski definition) is 3. The van der Waals surface area contributed by atoms with E-state index in [0.717, 1.165) is 37.5 Å². The van der Waals surface area contributed by atoms with Crippen LogP contribution >= 0.6 is 0 Å². The quantitative estimate of drug-likeness (QED) is 0.685. The Balaban J connectivity index is 2.35. The highest BCUT2D eigenvalue weighted by atomic mass is 32.2. The molecule has 1 aromatic carbocycles. The van der Waals surface area contributed by atoms with E-state index in [1.54, 1.807) is 12.1 Å². The molecule has 0 heterocycles. The predicted molar refractivity (Wildman–Crippen MR) is 90.3 cm³/mol. The zero-order valence-electron chi connectivity index (χ0n) is 13.6. The van der Waals surface area contributed by atoms with Gasteiger partial charge in [0, 0.05) is 18.2 Å². The van der Waals surface area contributed by atoms with E-state index in [0.29, 0.717) is 12.2 Å². The molecule has 0 aliphatic heterocycles. The summed E-state index contributed by atoms with van der Waals surface area (Å²) in [6.45, 7) is 4.72. The second-order valence-electron chi connectivity index (χ2n) is 5.48. The van der Waals surface area contributed by atoms with E-state index in [1.165, 1.54) is 0 Å². The molecular weight excluding hydrogens is 300 g/mol. The highest BCUT2D eigenvalue weighted by Crippen LogP contribution is 2.12. The number of benzene rings is 1. The Morgan fingerprint density at radius 1 is 1.14 bits per heavy atom. The molecule has 0 bridgehead atoms. The second-order valence-corrected chi connectivity index (χ2v) is 7.23. The third kappa shape index (κ3) is 6.93. The second kappa shape index (κ2) is 8.78. The lowest BCUT2D eigenvalue weighted by atomic mass is 10.0. The molecule has 22 heavy (non-hydrogen) atoms. The van der Waals surface area contributed by atoms with Crippen molar-refractivity contribution in [2.75, 3.05) is 17.5 Å². The number of anilines is 1. The Morgan fingerprint density at radius 3 is 2.23 bits per heavy atom.